The van der Waals surface area contributed by atoms with Gasteiger partial charge in [-0.1, -0.05) is 69.5 Å². The first-order valence-corrected chi connectivity index (χ1v) is 4.49. The van der Waals surface area contributed by atoms with E-state index in [0.717, 1.165) is 5.57 Å². The van der Waals surface area contributed by atoms with Crippen LogP contribution in [0.25, 0.3) is 0 Å². The number of hydrogen-bond donors (Lipinski definition) is 0. The molecule has 0 N–H and O–H groups in total. The zero-order chi connectivity index (χ0) is 10.1. The Morgan fingerprint density at radius 3 is 2.23 bits per heavy atom. The summed E-state index contributed by atoms with van der Waals surface area (Å²) in [5.74, 6) is 0.599. The third-order valence-electron chi connectivity index (χ3n) is 1.36. The highest BCUT2D eigenvalue weighted by Crippen LogP contribution is 1.97. The molecule has 0 aliphatic carbocycles. The van der Waals surface area contributed by atoms with Crippen molar-refractivity contribution in [1.82, 2.24) is 0 Å². The first kappa shape index (κ1) is 11.7. The molecule has 0 atom stereocenters. The Hall–Kier alpha value is -1.30. The average molecular weight is 174 g/mol. The van der Waals surface area contributed by atoms with Gasteiger partial charge >= 0.3 is 0 Å². The lowest BCUT2D eigenvalue weighted by Gasteiger charge is -1.90. The molecule has 0 aromatic rings. The van der Waals surface area contributed by atoms with Crippen molar-refractivity contribution in [3.63, 3.8) is 0 Å². The Labute approximate surface area is 81.7 Å². The van der Waals surface area contributed by atoms with Gasteiger partial charge in [-0.2, -0.15) is 0 Å². The van der Waals surface area contributed by atoms with Crippen molar-refractivity contribution < 1.29 is 0 Å². The van der Waals surface area contributed by atoms with E-state index in [1.54, 1.807) is 6.08 Å². The molecular formula is C13H18. The quantitative estimate of drug-likeness (QED) is 0.551. The molecule has 13 heavy (non-hydrogen) atoms. The molecule has 0 rings (SSSR count). The molecule has 0 aliphatic heterocycles. The van der Waals surface area contributed by atoms with Gasteiger partial charge in [0.05, 0.1) is 0 Å². The van der Waals surface area contributed by atoms with Crippen LogP contribution in [-0.4, -0.2) is 0 Å². The Morgan fingerprint density at radius 1 is 1.08 bits per heavy atom. The van der Waals surface area contributed by atoms with Gasteiger partial charge in [-0.25, -0.2) is 0 Å². The molecule has 70 valence electrons. The van der Waals surface area contributed by atoms with Crippen LogP contribution in [0, 0.1) is 5.92 Å². The lowest BCUT2D eigenvalue weighted by molar-refractivity contribution is 0.832. The summed E-state index contributed by atoms with van der Waals surface area (Å²) in [6.45, 7) is 11.7. The van der Waals surface area contributed by atoms with Crippen molar-refractivity contribution in [3.05, 3.63) is 61.3 Å². The third-order valence-corrected chi connectivity index (χ3v) is 1.36. The monoisotopic (exact) mass is 174 g/mol. The highest BCUT2D eigenvalue weighted by molar-refractivity contribution is 5.30. The highest BCUT2D eigenvalue weighted by Gasteiger charge is 1.80. The fraction of sp³-hybridized carbons (Fsp3) is 0.231. The molecule has 0 aromatic carbocycles. The summed E-state index contributed by atoms with van der Waals surface area (Å²) in [6, 6.07) is 0. The molecule has 0 unspecified atom stereocenters. The van der Waals surface area contributed by atoms with Crippen molar-refractivity contribution in [2.45, 2.75) is 13.8 Å². The van der Waals surface area contributed by atoms with E-state index in [2.05, 4.69) is 33.1 Å². The minimum absolute atomic E-state index is 0.599. The number of allylic oxidation sites excluding steroid dienone is 8. The van der Waals surface area contributed by atoms with Crippen LogP contribution in [0.2, 0.25) is 0 Å². The smallest absolute Gasteiger partial charge is 0.0287 e. The van der Waals surface area contributed by atoms with Gasteiger partial charge in [0.1, 0.15) is 0 Å². The molecule has 0 aliphatic rings. The van der Waals surface area contributed by atoms with Crippen LogP contribution in [0.1, 0.15) is 13.8 Å². The van der Waals surface area contributed by atoms with E-state index in [0.29, 0.717) is 5.92 Å². The topological polar surface area (TPSA) is 0 Å². The summed E-state index contributed by atoms with van der Waals surface area (Å²) in [6.07, 6.45) is 13.7. The Morgan fingerprint density at radius 2 is 1.69 bits per heavy atom. The summed E-state index contributed by atoms with van der Waals surface area (Å²) in [5.41, 5.74) is 0.980. The maximum atomic E-state index is 3.85. The lowest BCUT2D eigenvalue weighted by Crippen LogP contribution is -1.74. The lowest BCUT2D eigenvalue weighted by atomic mass is 10.2. The number of rotatable bonds is 5. The number of hydrogen-bond acceptors (Lipinski definition) is 0. The molecule has 0 heteroatoms. The Bertz CT molecular complexity index is 237. The maximum Gasteiger partial charge on any atom is -0.0287 e. The van der Waals surface area contributed by atoms with E-state index in [9.17, 15) is 0 Å². The van der Waals surface area contributed by atoms with Crippen LogP contribution >= 0.6 is 0 Å². The van der Waals surface area contributed by atoms with Gasteiger partial charge in [0.25, 0.3) is 0 Å². The minimum Gasteiger partial charge on any atom is -0.0991 e. The van der Waals surface area contributed by atoms with Crippen LogP contribution in [0.4, 0.5) is 0 Å². The molecule has 0 nitrogen and oxygen atoms in total. The van der Waals surface area contributed by atoms with Crippen LogP contribution in [0.3, 0.4) is 0 Å². The standard InChI is InChI=1S/C13H18/c1-5-6-10-13(4)11-8-7-9-12(2)3/h5-12H,1,4H2,2-3H3/b9-7-,10-6-,11-8-. The molecule has 0 fully saturated rings. The zero-order valence-corrected chi connectivity index (χ0v) is 8.53. The van der Waals surface area contributed by atoms with E-state index in [4.69, 9.17) is 0 Å². The molecule has 0 bridgehead atoms. The second-order valence-electron chi connectivity index (χ2n) is 3.16. The van der Waals surface area contributed by atoms with Gasteiger partial charge in [-0.3, -0.25) is 0 Å². The summed E-state index contributed by atoms with van der Waals surface area (Å²) in [4.78, 5) is 0. The van der Waals surface area contributed by atoms with Gasteiger partial charge < -0.3 is 0 Å². The molecule has 0 saturated carbocycles. The van der Waals surface area contributed by atoms with E-state index >= 15 is 0 Å². The van der Waals surface area contributed by atoms with Crippen molar-refractivity contribution in [2.75, 3.05) is 0 Å². The maximum absolute atomic E-state index is 3.85. The molecule has 0 spiro atoms. The van der Waals surface area contributed by atoms with E-state index in [1.165, 1.54) is 0 Å². The first-order chi connectivity index (χ1) is 6.16. The van der Waals surface area contributed by atoms with Crippen molar-refractivity contribution >= 4 is 0 Å². The van der Waals surface area contributed by atoms with Gasteiger partial charge in [0.15, 0.2) is 0 Å². The Balaban J connectivity index is 3.91. The summed E-state index contributed by atoms with van der Waals surface area (Å²) < 4.78 is 0. The summed E-state index contributed by atoms with van der Waals surface area (Å²) in [7, 11) is 0. The molecule has 0 aromatic heterocycles. The van der Waals surface area contributed by atoms with Gasteiger partial charge in [0, 0.05) is 0 Å². The van der Waals surface area contributed by atoms with Crippen molar-refractivity contribution in [2.24, 2.45) is 5.92 Å². The molecule has 0 amide bonds. The predicted molar refractivity (Wildman–Crippen MR) is 61.6 cm³/mol. The average Bonchev–Trinajstić information content (AvgIpc) is 2.08. The Kier molecular flexibility index (Phi) is 6.62. The SMILES string of the molecule is C=C/C=C\C(=C)/C=C\C=C/C(C)C. The van der Waals surface area contributed by atoms with E-state index in [-0.39, 0.29) is 0 Å². The molecule has 0 radical (unpaired) electrons. The van der Waals surface area contributed by atoms with Crippen LogP contribution in [0.5, 0.6) is 0 Å². The highest BCUT2D eigenvalue weighted by atomic mass is 13.9. The molecule has 0 saturated heterocycles. The minimum atomic E-state index is 0.599. The summed E-state index contributed by atoms with van der Waals surface area (Å²) in [5, 5.41) is 0. The van der Waals surface area contributed by atoms with E-state index in [1.807, 2.05) is 30.4 Å². The first-order valence-electron chi connectivity index (χ1n) is 4.49. The second-order valence-corrected chi connectivity index (χ2v) is 3.16. The normalized spacial score (nSPS) is 12.2. The van der Waals surface area contributed by atoms with E-state index < -0.39 is 0 Å². The van der Waals surface area contributed by atoms with Crippen LogP contribution < -0.4 is 0 Å². The summed E-state index contributed by atoms with van der Waals surface area (Å²) >= 11 is 0. The zero-order valence-electron chi connectivity index (χ0n) is 8.53. The van der Waals surface area contributed by atoms with Crippen molar-refractivity contribution in [1.29, 1.82) is 0 Å². The van der Waals surface area contributed by atoms with Crippen molar-refractivity contribution in [3.8, 4) is 0 Å². The van der Waals surface area contributed by atoms with Gasteiger partial charge in [-0.05, 0) is 11.5 Å². The second kappa shape index (κ2) is 7.35. The van der Waals surface area contributed by atoms with Gasteiger partial charge in [0.2, 0.25) is 0 Å². The largest absolute Gasteiger partial charge is 0.0991 e. The predicted octanol–water partition coefficient (Wildman–Crippen LogP) is 4.05. The van der Waals surface area contributed by atoms with Crippen LogP contribution in [-0.2, 0) is 0 Å². The molecule has 0 heterocycles. The fourth-order valence-corrected chi connectivity index (χ4v) is 0.713. The third kappa shape index (κ3) is 8.61. The van der Waals surface area contributed by atoms with Gasteiger partial charge in [-0.15, -0.1) is 0 Å². The molecular weight excluding hydrogens is 156 g/mol. The fourth-order valence-electron chi connectivity index (χ4n) is 0.713. The van der Waals surface area contributed by atoms with Crippen LogP contribution in [0.15, 0.2) is 61.3 Å².